The molecule has 2 amide bonds. The predicted molar refractivity (Wildman–Crippen MR) is 55.2 cm³/mol. The molecule has 1 spiro atoms. The van der Waals surface area contributed by atoms with Crippen molar-refractivity contribution in [1.29, 1.82) is 0 Å². The summed E-state index contributed by atoms with van der Waals surface area (Å²) in [7, 11) is 1.90. The molecule has 2 fully saturated rings. The van der Waals surface area contributed by atoms with Crippen molar-refractivity contribution in [3.05, 3.63) is 0 Å². The van der Waals surface area contributed by atoms with Crippen LogP contribution in [0.5, 0.6) is 0 Å². The van der Waals surface area contributed by atoms with Crippen LogP contribution in [0.4, 0.5) is 4.79 Å². The molecule has 4 heteroatoms. The van der Waals surface area contributed by atoms with Gasteiger partial charge in [0.25, 0.3) is 0 Å². The van der Waals surface area contributed by atoms with E-state index in [-0.39, 0.29) is 11.6 Å². The van der Waals surface area contributed by atoms with E-state index in [1.54, 1.807) is 0 Å². The molecular weight excluding hydrogens is 178 g/mol. The molecule has 0 aromatic rings. The molecule has 2 rings (SSSR count). The highest BCUT2D eigenvalue weighted by atomic mass is 16.2. The molecule has 2 aliphatic rings. The van der Waals surface area contributed by atoms with Crippen LogP contribution in [-0.4, -0.2) is 54.6 Å². The highest BCUT2D eigenvalue weighted by Gasteiger charge is 2.47. The van der Waals surface area contributed by atoms with Gasteiger partial charge in [-0.3, -0.25) is 0 Å². The molecule has 1 N–H and O–H groups in total. The fraction of sp³-hybridized carbons (Fsp3) is 0.900. The molecule has 0 atom stereocenters. The molecule has 0 saturated carbocycles. The van der Waals surface area contributed by atoms with Crippen molar-refractivity contribution in [2.75, 3.05) is 33.2 Å². The smallest absolute Gasteiger partial charge is 0.320 e. The highest BCUT2D eigenvalue weighted by molar-refractivity contribution is 5.77. The third-order valence-corrected chi connectivity index (χ3v) is 3.51. The maximum absolute atomic E-state index is 11.8. The number of hydrogen-bond donors (Lipinski definition) is 1. The Bertz CT molecular complexity index is 236. The number of nitrogens with one attached hydrogen (secondary N) is 1. The Balaban J connectivity index is 2.20. The number of piperidine rings is 1. The molecule has 14 heavy (non-hydrogen) atoms. The van der Waals surface area contributed by atoms with Crippen LogP contribution in [0.1, 0.15) is 19.8 Å². The van der Waals surface area contributed by atoms with Gasteiger partial charge >= 0.3 is 6.03 Å². The molecule has 0 unspecified atom stereocenters. The molecule has 2 saturated heterocycles. The fourth-order valence-corrected chi connectivity index (χ4v) is 2.79. The van der Waals surface area contributed by atoms with Gasteiger partial charge < -0.3 is 15.1 Å². The van der Waals surface area contributed by atoms with Gasteiger partial charge in [0.1, 0.15) is 0 Å². The molecule has 80 valence electrons. The van der Waals surface area contributed by atoms with E-state index in [1.165, 1.54) is 0 Å². The minimum atomic E-state index is 0.131. The Morgan fingerprint density at radius 1 is 1.43 bits per heavy atom. The van der Waals surface area contributed by atoms with Crippen LogP contribution in [0, 0.1) is 0 Å². The Morgan fingerprint density at radius 2 is 2.07 bits per heavy atom. The number of carbonyl (C=O) groups is 1. The van der Waals surface area contributed by atoms with Gasteiger partial charge in [-0.2, -0.15) is 0 Å². The predicted octanol–water partition coefficient (Wildman–Crippen LogP) is 0.496. The van der Waals surface area contributed by atoms with Gasteiger partial charge in [0.2, 0.25) is 0 Å². The van der Waals surface area contributed by atoms with Gasteiger partial charge in [0.15, 0.2) is 0 Å². The van der Waals surface area contributed by atoms with Crippen molar-refractivity contribution in [1.82, 2.24) is 15.1 Å². The Kier molecular flexibility index (Phi) is 2.39. The number of carbonyl (C=O) groups excluding carboxylic acids is 1. The van der Waals surface area contributed by atoms with Crippen molar-refractivity contribution in [3.8, 4) is 0 Å². The van der Waals surface area contributed by atoms with Gasteiger partial charge in [-0.15, -0.1) is 0 Å². The first kappa shape index (κ1) is 9.77. The zero-order valence-corrected chi connectivity index (χ0v) is 9.05. The molecule has 4 nitrogen and oxygen atoms in total. The summed E-state index contributed by atoms with van der Waals surface area (Å²) in [6.07, 6.45) is 2.19. The number of hydrogen-bond acceptors (Lipinski definition) is 2. The fourth-order valence-electron chi connectivity index (χ4n) is 2.79. The standard InChI is InChI=1S/C10H19N3O/c1-3-13-9(14)12(2)8-10(13)4-6-11-7-5-10/h11H,3-8H2,1-2H3. The lowest BCUT2D eigenvalue weighted by atomic mass is 9.88. The Hall–Kier alpha value is -0.770. The number of rotatable bonds is 1. The first-order valence-corrected chi connectivity index (χ1v) is 5.43. The lowest BCUT2D eigenvalue weighted by Crippen LogP contribution is -2.53. The lowest BCUT2D eigenvalue weighted by Gasteiger charge is -2.39. The monoisotopic (exact) mass is 197 g/mol. The summed E-state index contributed by atoms with van der Waals surface area (Å²) >= 11 is 0. The summed E-state index contributed by atoms with van der Waals surface area (Å²) in [5.41, 5.74) is 0.131. The summed E-state index contributed by atoms with van der Waals surface area (Å²) < 4.78 is 0. The van der Waals surface area contributed by atoms with Crippen LogP contribution in [0.2, 0.25) is 0 Å². The van der Waals surface area contributed by atoms with Crippen molar-refractivity contribution in [3.63, 3.8) is 0 Å². The number of amides is 2. The highest BCUT2D eigenvalue weighted by Crippen LogP contribution is 2.32. The molecule has 0 bridgehead atoms. The van der Waals surface area contributed by atoms with Crippen LogP contribution in [-0.2, 0) is 0 Å². The van der Waals surface area contributed by atoms with Gasteiger partial charge in [-0.25, -0.2) is 4.79 Å². The molecule has 0 aliphatic carbocycles. The molecule has 0 aromatic carbocycles. The molecule has 2 aliphatic heterocycles. The molecular formula is C10H19N3O. The van der Waals surface area contributed by atoms with Gasteiger partial charge in [0, 0.05) is 20.1 Å². The van der Waals surface area contributed by atoms with Crippen molar-refractivity contribution < 1.29 is 4.79 Å². The largest absolute Gasteiger partial charge is 0.325 e. The summed E-state index contributed by atoms with van der Waals surface area (Å²) in [5.74, 6) is 0. The SMILES string of the molecule is CCN1C(=O)N(C)CC12CCNCC2. The van der Waals surface area contributed by atoms with Gasteiger partial charge in [0.05, 0.1) is 5.54 Å². The zero-order valence-electron chi connectivity index (χ0n) is 9.05. The van der Waals surface area contributed by atoms with Crippen LogP contribution in [0.25, 0.3) is 0 Å². The van der Waals surface area contributed by atoms with E-state index < -0.39 is 0 Å². The van der Waals surface area contributed by atoms with Crippen molar-refractivity contribution >= 4 is 6.03 Å². The van der Waals surface area contributed by atoms with Crippen LogP contribution in [0.3, 0.4) is 0 Å². The maximum atomic E-state index is 11.8. The second kappa shape index (κ2) is 3.42. The first-order valence-electron chi connectivity index (χ1n) is 5.43. The van der Waals surface area contributed by atoms with Crippen LogP contribution >= 0.6 is 0 Å². The quantitative estimate of drug-likeness (QED) is 0.664. The second-order valence-corrected chi connectivity index (χ2v) is 4.36. The molecule has 2 heterocycles. The first-order chi connectivity index (χ1) is 6.69. The summed E-state index contributed by atoms with van der Waals surface area (Å²) in [5, 5.41) is 3.35. The average molecular weight is 197 g/mol. The van der Waals surface area contributed by atoms with E-state index >= 15 is 0 Å². The topological polar surface area (TPSA) is 35.6 Å². The van der Waals surface area contributed by atoms with Crippen LogP contribution < -0.4 is 5.32 Å². The van der Waals surface area contributed by atoms with Crippen molar-refractivity contribution in [2.45, 2.75) is 25.3 Å². The second-order valence-electron chi connectivity index (χ2n) is 4.36. The maximum Gasteiger partial charge on any atom is 0.320 e. The zero-order chi connectivity index (χ0) is 10.2. The Labute approximate surface area is 85.2 Å². The third kappa shape index (κ3) is 1.29. The average Bonchev–Trinajstić information content (AvgIpc) is 2.40. The third-order valence-electron chi connectivity index (χ3n) is 3.51. The number of likely N-dealkylation sites (N-methyl/N-ethyl adjacent to an activating group) is 2. The van der Waals surface area contributed by atoms with E-state index in [2.05, 4.69) is 12.2 Å². The molecule has 0 radical (unpaired) electrons. The van der Waals surface area contributed by atoms with E-state index in [9.17, 15) is 4.79 Å². The summed E-state index contributed by atoms with van der Waals surface area (Å²) in [6.45, 7) is 5.89. The minimum absolute atomic E-state index is 0.131. The van der Waals surface area contributed by atoms with E-state index in [1.807, 2.05) is 16.8 Å². The van der Waals surface area contributed by atoms with E-state index in [0.29, 0.717) is 0 Å². The molecule has 0 aromatic heterocycles. The van der Waals surface area contributed by atoms with Gasteiger partial charge in [-0.05, 0) is 32.9 Å². The van der Waals surface area contributed by atoms with Crippen LogP contribution in [0.15, 0.2) is 0 Å². The Morgan fingerprint density at radius 3 is 2.64 bits per heavy atom. The van der Waals surface area contributed by atoms with E-state index in [4.69, 9.17) is 0 Å². The van der Waals surface area contributed by atoms with E-state index in [0.717, 1.165) is 39.0 Å². The normalized spacial score (nSPS) is 26.3. The number of nitrogens with zero attached hydrogens (tertiary/aromatic N) is 2. The summed E-state index contributed by atoms with van der Waals surface area (Å²) in [4.78, 5) is 15.7. The lowest BCUT2D eigenvalue weighted by molar-refractivity contribution is 0.130. The number of urea groups is 1. The van der Waals surface area contributed by atoms with Gasteiger partial charge in [-0.1, -0.05) is 0 Å². The minimum Gasteiger partial charge on any atom is -0.325 e. The van der Waals surface area contributed by atoms with Crippen molar-refractivity contribution in [2.24, 2.45) is 0 Å². The summed E-state index contributed by atoms with van der Waals surface area (Å²) in [6, 6.07) is 0.203.